The van der Waals surface area contributed by atoms with E-state index in [0.29, 0.717) is 25.5 Å². The van der Waals surface area contributed by atoms with Gasteiger partial charge in [-0.05, 0) is 12.8 Å². The van der Waals surface area contributed by atoms with Gasteiger partial charge < -0.3 is 9.64 Å². The Bertz CT molecular complexity index is 228. The highest BCUT2D eigenvalue weighted by Crippen LogP contribution is 2.06. The summed E-state index contributed by atoms with van der Waals surface area (Å²) in [6.45, 7) is 8.77. The van der Waals surface area contributed by atoms with Crippen LogP contribution >= 0.6 is 0 Å². The van der Waals surface area contributed by atoms with E-state index in [4.69, 9.17) is 4.74 Å². The molecule has 1 atom stereocenters. The van der Waals surface area contributed by atoms with Crippen LogP contribution < -0.4 is 0 Å². The lowest BCUT2D eigenvalue weighted by Gasteiger charge is -2.24. The number of nitrogens with zero attached hydrogens (tertiary/aromatic N) is 1. The summed E-state index contributed by atoms with van der Waals surface area (Å²) in [7, 11) is 0. The molecule has 0 aromatic heterocycles. The van der Waals surface area contributed by atoms with Crippen molar-refractivity contribution in [1.29, 1.82) is 0 Å². The maximum absolute atomic E-state index is 11.6. The van der Waals surface area contributed by atoms with E-state index in [2.05, 4.69) is 13.8 Å². The van der Waals surface area contributed by atoms with Crippen molar-refractivity contribution in [1.82, 2.24) is 4.90 Å². The SMILES string of the molecule is CCOC(=O)CN(C[C@H](C)CC)C(=O)CC. The lowest BCUT2D eigenvalue weighted by Crippen LogP contribution is -2.38. The Hall–Kier alpha value is -1.06. The van der Waals surface area contributed by atoms with Crippen LogP contribution in [0.4, 0.5) is 0 Å². The Kier molecular flexibility index (Phi) is 7.60. The summed E-state index contributed by atoms with van der Waals surface area (Å²) in [6.07, 6.45) is 1.42. The van der Waals surface area contributed by atoms with Crippen molar-refractivity contribution in [3.63, 3.8) is 0 Å². The topological polar surface area (TPSA) is 46.6 Å². The third kappa shape index (κ3) is 5.73. The average molecular weight is 229 g/mol. The number of hydrogen-bond donors (Lipinski definition) is 0. The van der Waals surface area contributed by atoms with Gasteiger partial charge in [-0.3, -0.25) is 9.59 Å². The molecule has 0 aliphatic carbocycles. The van der Waals surface area contributed by atoms with E-state index in [0.717, 1.165) is 6.42 Å². The molecular formula is C12H23NO3. The zero-order valence-electron chi connectivity index (χ0n) is 10.8. The third-order valence-electron chi connectivity index (χ3n) is 2.51. The van der Waals surface area contributed by atoms with Gasteiger partial charge in [-0.2, -0.15) is 0 Å². The first kappa shape index (κ1) is 14.9. The number of amides is 1. The van der Waals surface area contributed by atoms with Crippen LogP contribution in [0.15, 0.2) is 0 Å². The van der Waals surface area contributed by atoms with Gasteiger partial charge >= 0.3 is 5.97 Å². The van der Waals surface area contributed by atoms with E-state index in [1.807, 2.05) is 0 Å². The molecule has 0 aliphatic rings. The summed E-state index contributed by atoms with van der Waals surface area (Å²) >= 11 is 0. The minimum atomic E-state index is -0.326. The number of esters is 1. The zero-order chi connectivity index (χ0) is 12.6. The fourth-order valence-corrected chi connectivity index (χ4v) is 1.35. The van der Waals surface area contributed by atoms with E-state index >= 15 is 0 Å². The number of hydrogen-bond acceptors (Lipinski definition) is 3. The molecule has 0 unspecified atom stereocenters. The normalized spacial score (nSPS) is 12.0. The molecule has 0 saturated carbocycles. The van der Waals surface area contributed by atoms with Crippen LogP contribution in [0.3, 0.4) is 0 Å². The predicted molar refractivity (Wildman–Crippen MR) is 63.0 cm³/mol. The molecule has 0 aromatic carbocycles. The minimum absolute atomic E-state index is 0.00773. The Morgan fingerprint density at radius 2 is 1.88 bits per heavy atom. The van der Waals surface area contributed by atoms with Crippen molar-refractivity contribution in [3.05, 3.63) is 0 Å². The highest BCUT2D eigenvalue weighted by molar-refractivity contribution is 5.81. The predicted octanol–water partition coefficient (Wildman–Crippen LogP) is 1.83. The van der Waals surface area contributed by atoms with Crippen molar-refractivity contribution in [2.75, 3.05) is 19.7 Å². The Morgan fingerprint density at radius 1 is 1.25 bits per heavy atom. The van der Waals surface area contributed by atoms with E-state index < -0.39 is 0 Å². The minimum Gasteiger partial charge on any atom is -0.465 e. The number of ether oxygens (including phenoxy) is 1. The first-order chi connectivity index (χ1) is 7.54. The zero-order valence-corrected chi connectivity index (χ0v) is 10.8. The smallest absolute Gasteiger partial charge is 0.325 e. The Labute approximate surface area is 98.0 Å². The molecule has 0 bridgehead atoms. The van der Waals surface area contributed by atoms with Crippen LogP contribution in [-0.2, 0) is 14.3 Å². The van der Waals surface area contributed by atoms with Gasteiger partial charge in [-0.25, -0.2) is 0 Å². The summed E-state index contributed by atoms with van der Waals surface area (Å²) < 4.78 is 4.85. The molecular weight excluding hydrogens is 206 g/mol. The standard InChI is InChI=1S/C12H23NO3/c1-5-10(4)8-13(11(14)6-2)9-12(15)16-7-3/h10H,5-9H2,1-4H3/t10-/m1/s1. The van der Waals surface area contributed by atoms with Crippen molar-refractivity contribution in [3.8, 4) is 0 Å². The Morgan fingerprint density at radius 3 is 2.31 bits per heavy atom. The molecule has 0 aliphatic heterocycles. The molecule has 16 heavy (non-hydrogen) atoms. The monoisotopic (exact) mass is 229 g/mol. The van der Waals surface area contributed by atoms with E-state index in [1.165, 1.54) is 0 Å². The molecule has 4 nitrogen and oxygen atoms in total. The third-order valence-corrected chi connectivity index (χ3v) is 2.51. The molecule has 94 valence electrons. The lowest BCUT2D eigenvalue weighted by molar-refractivity contribution is -0.149. The molecule has 0 N–H and O–H groups in total. The van der Waals surface area contributed by atoms with Gasteiger partial charge in [-0.1, -0.05) is 27.2 Å². The van der Waals surface area contributed by atoms with Gasteiger partial charge in [0.1, 0.15) is 6.54 Å². The Balaban J connectivity index is 4.31. The maximum Gasteiger partial charge on any atom is 0.325 e. The second-order valence-electron chi connectivity index (χ2n) is 3.95. The highest BCUT2D eigenvalue weighted by Gasteiger charge is 2.18. The lowest BCUT2D eigenvalue weighted by atomic mass is 10.1. The number of carbonyl (C=O) groups is 2. The summed E-state index contributed by atoms with van der Waals surface area (Å²) in [5, 5.41) is 0. The van der Waals surface area contributed by atoms with E-state index in [-0.39, 0.29) is 18.4 Å². The molecule has 0 aromatic rings. The average Bonchev–Trinajstić information content (AvgIpc) is 2.27. The van der Waals surface area contributed by atoms with Crippen LogP contribution in [0.5, 0.6) is 0 Å². The van der Waals surface area contributed by atoms with Crippen LogP contribution in [0.25, 0.3) is 0 Å². The quantitative estimate of drug-likeness (QED) is 0.626. The van der Waals surface area contributed by atoms with Gasteiger partial charge in [0.2, 0.25) is 5.91 Å². The fraction of sp³-hybridized carbons (Fsp3) is 0.833. The molecule has 0 rings (SSSR count). The van der Waals surface area contributed by atoms with Gasteiger partial charge in [-0.15, -0.1) is 0 Å². The first-order valence-electron chi connectivity index (χ1n) is 5.98. The van der Waals surface area contributed by atoms with Gasteiger partial charge in [0, 0.05) is 13.0 Å². The fourth-order valence-electron chi connectivity index (χ4n) is 1.35. The summed E-state index contributed by atoms with van der Waals surface area (Å²) in [4.78, 5) is 24.5. The van der Waals surface area contributed by atoms with Crippen LogP contribution in [0.1, 0.15) is 40.5 Å². The molecule has 0 saturated heterocycles. The molecule has 1 amide bonds. The summed E-state index contributed by atoms with van der Waals surface area (Å²) in [5.41, 5.74) is 0. The number of carbonyl (C=O) groups excluding carboxylic acids is 2. The maximum atomic E-state index is 11.6. The molecule has 4 heteroatoms. The second kappa shape index (κ2) is 8.13. The first-order valence-corrected chi connectivity index (χ1v) is 5.98. The molecule has 0 radical (unpaired) electrons. The molecule has 0 fully saturated rings. The largest absolute Gasteiger partial charge is 0.465 e. The van der Waals surface area contributed by atoms with E-state index in [9.17, 15) is 9.59 Å². The van der Waals surface area contributed by atoms with Crippen molar-refractivity contribution < 1.29 is 14.3 Å². The van der Waals surface area contributed by atoms with Crippen molar-refractivity contribution in [2.24, 2.45) is 5.92 Å². The second-order valence-corrected chi connectivity index (χ2v) is 3.95. The van der Waals surface area contributed by atoms with Gasteiger partial charge in [0.15, 0.2) is 0 Å². The molecule has 0 spiro atoms. The van der Waals surface area contributed by atoms with E-state index in [1.54, 1.807) is 18.7 Å². The van der Waals surface area contributed by atoms with Crippen LogP contribution in [0, 0.1) is 5.92 Å². The van der Waals surface area contributed by atoms with Gasteiger partial charge in [0.05, 0.1) is 6.61 Å². The van der Waals surface area contributed by atoms with Crippen molar-refractivity contribution >= 4 is 11.9 Å². The van der Waals surface area contributed by atoms with Crippen LogP contribution in [-0.4, -0.2) is 36.5 Å². The molecule has 0 heterocycles. The van der Waals surface area contributed by atoms with Crippen LogP contribution in [0.2, 0.25) is 0 Å². The summed E-state index contributed by atoms with van der Waals surface area (Å²) in [5.74, 6) is 0.0888. The van der Waals surface area contributed by atoms with Crippen molar-refractivity contribution in [2.45, 2.75) is 40.5 Å². The number of rotatable bonds is 7. The van der Waals surface area contributed by atoms with Gasteiger partial charge in [0.25, 0.3) is 0 Å². The summed E-state index contributed by atoms with van der Waals surface area (Å²) in [6, 6.07) is 0. The highest BCUT2D eigenvalue weighted by atomic mass is 16.5.